The van der Waals surface area contributed by atoms with Crippen LogP contribution in [-0.4, -0.2) is 43.6 Å². The van der Waals surface area contributed by atoms with Gasteiger partial charge in [0.2, 0.25) is 10.0 Å². The summed E-state index contributed by atoms with van der Waals surface area (Å²) in [5, 5.41) is 3.43. The summed E-state index contributed by atoms with van der Waals surface area (Å²) in [5.41, 5.74) is 0. The van der Waals surface area contributed by atoms with Crippen molar-refractivity contribution in [3.8, 4) is 0 Å². The molecule has 5 heteroatoms. The van der Waals surface area contributed by atoms with Gasteiger partial charge in [-0.25, -0.2) is 8.42 Å². The minimum atomic E-state index is -3.09. The van der Waals surface area contributed by atoms with E-state index in [0.29, 0.717) is 12.6 Å². The van der Waals surface area contributed by atoms with Gasteiger partial charge in [0, 0.05) is 18.6 Å². The Balaban J connectivity index is 2.63. The summed E-state index contributed by atoms with van der Waals surface area (Å²) < 4.78 is 26.3. The Labute approximate surface area is 112 Å². The van der Waals surface area contributed by atoms with Crippen LogP contribution in [0, 0.1) is 0 Å². The molecule has 1 N–H and O–H groups in total. The summed E-state index contributed by atoms with van der Waals surface area (Å²) in [5.74, 6) is 0.286. The highest BCUT2D eigenvalue weighted by molar-refractivity contribution is 7.89. The minimum absolute atomic E-state index is 0.0515. The SMILES string of the molecule is CCCCS(=O)(=O)N(CC1CCCCN1)C(C)C. The van der Waals surface area contributed by atoms with Crippen LogP contribution in [0.4, 0.5) is 0 Å². The molecule has 0 spiro atoms. The fraction of sp³-hybridized carbons (Fsp3) is 1.00. The van der Waals surface area contributed by atoms with Crippen LogP contribution in [0.25, 0.3) is 0 Å². The van der Waals surface area contributed by atoms with E-state index in [1.165, 1.54) is 12.8 Å². The van der Waals surface area contributed by atoms with Gasteiger partial charge in [-0.1, -0.05) is 19.8 Å². The van der Waals surface area contributed by atoms with Crippen LogP contribution >= 0.6 is 0 Å². The third-order valence-corrected chi connectivity index (χ3v) is 5.59. The van der Waals surface area contributed by atoms with Gasteiger partial charge in [0.15, 0.2) is 0 Å². The molecule has 1 saturated heterocycles. The number of rotatable bonds is 7. The Morgan fingerprint density at radius 1 is 1.33 bits per heavy atom. The van der Waals surface area contributed by atoms with Gasteiger partial charge in [-0.05, 0) is 39.7 Å². The maximum atomic E-state index is 12.3. The molecule has 1 aliphatic rings. The van der Waals surface area contributed by atoms with Gasteiger partial charge in [0.05, 0.1) is 5.75 Å². The first-order valence-electron chi connectivity index (χ1n) is 7.20. The van der Waals surface area contributed by atoms with Gasteiger partial charge >= 0.3 is 0 Å². The molecule has 0 radical (unpaired) electrons. The zero-order valence-corrected chi connectivity index (χ0v) is 12.8. The highest BCUT2D eigenvalue weighted by Gasteiger charge is 2.27. The van der Waals surface area contributed by atoms with Crippen LogP contribution in [0.1, 0.15) is 52.9 Å². The van der Waals surface area contributed by atoms with Gasteiger partial charge in [-0.3, -0.25) is 0 Å². The highest BCUT2D eigenvalue weighted by atomic mass is 32.2. The van der Waals surface area contributed by atoms with Crippen LogP contribution in [0.2, 0.25) is 0 Å². The second-order valence-corrected chi connectivity index (χ2v) is 7.52. The monoisotopic (exact) mass is 276 g/mol. The van der Waals surface area contributed by atoms with Crippen LogP contribution in [0.5, 0.6) is 0 Å². The lowest BCUT2D eigenvalue weighted by Crippen LogP contribution is -2.48. The maximum Gasteiger partial charge on any atom is 0.214 e. The number of unbranched alkanes of at least 4 members (excludes halogenated alkanes) is 1. The predicted molar refractivity (Wildman–Crippen MR) is 76.2 cm³/mol. The van der Waals surface area contributed by atoms with Gasteiger partial charge in [-0.2, -0.15) is 4.31 Å². The lowest BCUT2D eigenvalue weighted by Gasteiger charge is -2.32. The lowest BCUT2D eigenvalue weighted by molar-refractivity contribution is 0.282. The molecule has 0 aliphatic carbocycles. The molecule has 0 aromatic heterocycles. The molecule has 4 nitrogen and oxygen atoms in total. The van der Waals surface area contributed by atoms with Crippen LogP contribution < -0.4 is 5.32 Å². The van der Waals surface area contributed by atoms with Gasteiger partial charge < -0.3 is 5.32 Å². The first kappa shape index (κ1) is 15.9. The van der Waals surface area contributed by atoms with Crippen molar-refractivity contribution in [2.45, 2.75) is 65.0 Å². The highest BCUT2D eigenvalue weighted by Crippen LogP contribution is 2.15. The molecule has 1 fully saturated rings. The first-order chi connectivity index (χ1) is 8.47. The number of nitrogens with zero attached hydrogens (tertiary/aromatic N) is 1. The van der Waals surface area contributed by atoms with E-state index < -0.39 is 10.0 Å². The van der Waals surface area contributed by atoms with Crippen molar-refractivity contribution in [1.29, 1.82) is 0 Å². The fourth-order valence-corrected chi connectivity index (χ4v) is 4.32. The second-order valence-electron chi connectivity index (χ2n) is 5.48. The molecule has 1 unspecified atom stereocenters. The van der Waals surface area contributed by atoms with E-state index in [4.69, 9.17) is 0 Å². The summed E-state index contributed by atoms with van der Waals surface area (Å²) in [6.07, 6.45) is 5.18. The van der Waals surface area contributed by atoms with E-state index >= 15 is 0 Å². The molecule has 1 rings (SSSR count). The standard InChI is InChI=1S/C13H28N2O2S/c1-4-5-10-18(16,17)15(12(2)3)11-13-8-6-7-9-14-13/h12-14H,4-11H2,1-3H3. The molecule has 0 aromatic rings. The molecule has 1 heterocycles. The molecule has 0 aromatic carbocycles. The van der Waals surface area contributed by atoms with E-state index in [-0.39, 0.29) is 11.8 Å². The van der Waals surface area contributed by atoms with E-state index in [1.807, 2.05) is 20.8 Å². The van der Waals surface area contributed by atoms with E-state index in [9.17, 15) is 8.42 Å². The topological polar surface area (TPSA) is 49.4 Å². The van der Waals surface area contributed by atoms with E-state index in [2.05, 4.69) is 5.32 Å². The van der Waals surface area contributed by atoms with Crippen LogP contribution in [0.3, 0.4) is 0 Å². The fourth-order valence-electron chi connectivity index (χ4n) is 2.39. The molecular formula is C13H28N2O2S. The zero-order valence-electron chi connectivity index (χ0n) is 12.0. The van der Waals surface area contributed by atoms with Crippen LogP contribution in [0.15, 0.2) is 0 Å². The average Bonchev–Trinajstić information content (AvgIpc) is 2.34. The third kappa shape index (κ3) is 4.86. The molecule has 0 bridgehead atoms. The van der Waals surface area contributed by atoms with Crippen molar-refractivity contribution in [3.63, 3.8) is 0 Å². The van der Waals surface area contributed by atoms with E-state index in [1.54, 1.807) is 4.31 Å². The lowest BCUT2D eigenvalue weighted by atomic mass is 10.1. The van der Waals surface area contributed by atoms with Gasteiger partial charge in [0.1, 0.15) is 0 Å². The Morgan fingerprint density at radius 2 is 2.06 bits per heavy atom. The summed E-state index contributed by atoms with van der Waals surface area (Å²) in [6.45, 7) is 7.60. The normalized spacial score (nSPS) is 21.7. The van der Waals surface area contributed by atoms with Crippen molar-refractivity contribution in [3.05, 3.63) is 0 Å². The molecule has 1 aliphatic heterocycles. The molecule has 1 atom stereocenters. The Morgan fingerprint density at radius 3 is 2.56 bits per heavy atom. The molecule has 18 heavy (non-hydrogen) atoms. The number of sulfonamides is 1. The molecular weight excluding hydrogens is 248 g/mol. The van der Waals surface area contributed by atoms with Crippen molar-refractivity contribution >= 4 is 10.0 Å². The van der Waals surface area contributed by atoms with Crippen molar-refractivity contribution < 1.29 is 8.42 Å². The van der Waals surface area contributed by atoms with E-state index in [0.717, 1.165) is 25.8 Å². The van der Waals surface area contributed by atoms with Crippen molar-refractivity contribution in [2.75, 3.05) is 18.8 Å². The summed E-state index contributed by atoms with van der Waals surface area (Å²) in [7, 11) is -3.09. The Hall–Kier alpha value is -0.130. The third-order valence-electron chi connectivity index (χ3n) is 3.50. The molecule has 0 amide bonds. The molecule has 108 valence electrons. The smallest absolute Gasteiger partial charge is 0.214 e. The Kier molecular flexibility index (Phi) is 6.60. The number of piperidine rings is 1. The summed E-state index contributed by atoms with van der Waals surface area (Å²) in [4.78, 5) is 0. The first-order valence-corrected chi connectivity index (χ1v) is 8.81. The zero-order chi connectivity index (χ0) is 13.6. The predicted octanol–water partition coefficient (Wildman–Crippen LogP) is 1.97. The molecule has 0 saturated carbocycles. The van der Waals surface area contributed by atoms with Gasteiger partial charge in [-0.15, -0.1) is 0 Å². The van der Waals surface area contributed by atoms with Crippen LogP contribution in [-0.2, 0) is 10.0 Å². The Bertz CT molecular complexity index is 322. The average molecular weight is 276 g/mol. The number of hydrogen-bond acceptors (Lipinski definition) is 3. The number of nitrogens with one attached hydrogen (secondary N) is 1. The summed E-state index contributed by atoms with van der Waals surface area (Å²) in [6, 6.07) is 0.383. The van der Waals surface area contributed by atoms with Crippen molar-refractivity contribution in [2.24, 2.45) is 0 Å². The quantitative estimate of drug-likeness (QED) is 0.773. The summed E-state index contributed by atoms with van der Waals surface area (Å²) >= 11 is 0. The largest absolute Gasteiger partial charge is 0.313 e. The van der Waals surface area contributed by atoms with Gasteiger partial charge in [0.25, 0.3) is 0 Å². The van der Waals surface area contributed by atoms with Crippen molar-refractivity contribution in [1.82, 2.24) is 9.62 Å². The maximum absolute atomic E-state index is 12.3. The number of hydrogen-bond donors (Lipinski definition) is 1. The minimum Gasteiger partial charge on any atom is -0.313 e. The second kappa shape index (κ2) is 7.46.